The van der Waals surface area contributed by atoms with Gasteiger partial charge in [-0.15, -0.1) is 0 Å². The first-order valence-corrected chi connectivity index (χ1v) is 5.26. The Balaban J connectivity index is 2.05. The van der Waals surface area contributed by atoms with E-state index in [1.165, 1.54) is 25.7 Å². The first-order valence-electron chi connectivity index (χ1n) is 5.26. The Labute approximate surface area is 79.9 Å². The van der Waals surface area contributed by atoms with Crippen molar-refractivity contribution in [3.05, 3.63) is 0 Å². The molecule has 0 aromatic carbocycles. The van der Waals surface area contributed by atoms with Crippen LogP contribution in [0.2, 0.25) is 0 Å². The summed E-state index contributed by atoms with van der Waals surface area (Å²) < 4.78 is 5.53. The monoisotopic (exact) mass is 179 g/mol. The molecule has 0 aromatic rings. The summed E-state index contributed by atoms with van der Waals surface area (Å²) in [6.07, 6.45) is 7.51. The molecule has 2 fully saturated rings. The molecule has 0 heterocycles. The highest BCUT2D eigenvalue weighted by atomic mass is 16.5. The van der Waals surface area contributed by atoms with Gasteiger partial charge in [0.25, 0.3) is 0 Å². The number of nitrogens with zero attached hydrogens (tertiary/aromatic N) is 1. The molecule has 2 nitrogen and oxygen atoms in total. The van der Waals surface area contributed by atoms with Crippen molar-refractivity contribution >= 4 is 0 Å². The zero-order valence-corrected chi connectivity index (χ0v) is 8.25. The van der Waals surface area contributed by atoms with Crippen molar-refractivity contribution in [1.29, 1.82) is 5.26 Å². The minimum atomic E-state index is -0.0935. The van der Waals surface area contributed by atoms with Crippen molar-refractivity contribution in [1.82, 2.24) is 0 Å². The van der Waals surface area contributed by atoms with E-state index in [-0.39, 0.29) is 11.5 Å². The highest BCUT2D eigenvalue weighted by molar-refractivity contribution is 5.15. The molecule has 0 amide bonds. The Hall–Kier alpha value is -0.550. The largest absolute Gasteiger partial charge is 0.380 e. The van der Waals surface area contributed by atoms with E-state index in [1.807, 2.05) is 0 Å². The molecule has 72 valence electrons. The minimum Gasteiger partial charge on any atom is -0.380 e. The van der Waals surface area contributed by atoms with Crippen molar-refractivity contribution in [3.63, 3.8) is 0 Å². The average Bonchev–Trinajstić information content (AvgIpc) is 2.75. The van der Waals surface area contributed by atoms with Gasteiger partial charge in [-0.05, 0) is 31.6 Å². The van der Waals surface area contributed by atoms with Crippen LogP contribution < -0.4 is 0 Å². The van der Waals surface area contributed by atoms with Gasteiger partial charge in [-0.1, -0.05) is 12.8 Å². The number of ether oxygens (including phenoxy) is 1. The van der Waals surface area contributed by atoms with Crippen LogP contribution in [-0.2, 0) is 4.74 Å². The molecule has 2 aliphatic carbocycles. The summed E-state index contributed by atoms with van der Waals surface area (Å²) in [7, 11) is 1.76. The van der Waals surface area contributed by atoms with Crippen molar-refractivity contribution in [2.45, 2.75) is 44.6 Å². The molecule has 0 aliphatic heterocycles. The predicted octanol–water partition coefficient (Wildman–Crippen LogP) is 2.50. The van der Waals surface area contributed by atoms with Crippen molar-refractivity contribution in [2.24, 2.45) is 11.3 Å². The molecule has 2 saturated carbocycles. The maximum Gasteiger partial charge on any atom is 0.0838 e. The summed E-state index contributed by atoms with van der Waals surface area (Å²) in [4.78, 5) is 0. The summed E-state index contributed by atoms with van der Waals surface area (Å²) in [5.41, 5.74) is -0.0935. The van der Waals surface area contributed by atoms with Gasteiger partial charge in [0.2, 0.25) is 0 Å². The van der Waals surface area contributed by atoms with Crippen molar-refractivity contribution < 1.29 is 4.74 Å². The number of hydrogen-bond acceptors (Lipinski definition) is 2. The molecule has 0 unspecified atom stereocenters. The summed E-state index contributed by atoms with van der Waals surface area (Å²) in [6, 6.07) is 2.46. The summed E-state index contributed by atoms with van der Waals surface area (Å²) >= 11 is 0. The summed E-state index contributed by atoms with van der Waals surface area (Å²) in [6.45, 7) is 0. The molecule has 0 aromatic heterocycles. The third kappa shape index (κ3) is 1.46. The fraction of sp³-hybridized carbons (Fsp3) is 0.909. The van der Waals surface area contributed by atoms with Crippen LogP contribution in [0.4, 0.5) is 0 Å². The van der Waals surface area contributed by atoms with Gasteiger partial charge in [-0.2, -0.15) is 5.26 Å². The van der Waals surface area contributed by atoms with Gasteiger partial charge in [0.15, 0.2) is 0 Å². The van der Waals surface area contributed by atoms with Gasteiger partial charge >= 0.3 is 0 Å². The van der Waals surface area contributed by atoms with E-state index in [9.17, 15) is 0 Å². The van der Waals surface area contributed by atoms with E-state index < -0.39 is 0 Å². The number of hydrogen-bond donors (Lipinski definition) is 0. The highest BCUT2D eigenvalue weighted by Crippen LogP contribution is 2.53. The van der Waals surface area contributed by atoms with Crippen LogP contribution in [0.5, 0.6) is 0 Å². The van der Waals surface area contributed by atoms with Crippen LogP contribution in [0.1, 0.15) is 38.5 Å². The van der Waals surface area contributed by atoms with Gasteiger partial charge in [0, 0.05) is 7.11 Å². The Morgan fingerprint density at radius 1 is 1.38 bits per heavy atom. The molecule has 0 N–H and O–H groups in total. The maximum atomic E-state index is 9.09. The van der Waals surface area contributed by atoms with Gasteiger partial charge in [-0.25, -0.2) is 0 Å². The van der Waals surface area contributed by atoms with E-state index in [0.29, 0.717) is 5.92 Å². The summed E-state index contributed by atoms with van der Waals surface area (Å²) in [5.74, 6) is 0.659. The third-order valence-electron chi connectivity index (χ3n) is 3.64. The molecule has 2 aliphatic rings. The number of rotatable bonds is 3. The quantitative estimate of drug-likeness (QED) is 0.666. The average molecular weight is 179 g/mol. The fourth-order valence-corrected chi connectivity index (χ4v) is 2.72. The Kier molecular flexibility index (Phi) is 2.29. The molecule has 2 heteroatoms. The zero-order chi connectivity index (χ0) is 9.31. The molecule has 13 heavy (non-hydrogen) atoms. The summed E-state index contributed by atoms with van der Waals surface area (Å²) in [5, 5.41) is 9.09. The molecular formula is C11H17NO. The SMILES string of the molecule is CO[C@H](C1CCCC1)C1(C#N)CC1. The normalized spacial score (nSPS) is 28.3. The lowest BCUT2D eigenvalue weighted by Gasteiger charge is -2.25. The topological polar surface area (TPSA) is 33.0 Å². The smallest absolute Gasteiger partial charge is 0.0838 e. The molecule has 2 rings (SSSR count). The lowest BCUT2D eigenvalue weighted by atomic mass is 9.88. The Morgan fingerprint density at radius 2 is 2.00 bits per heavy atom. The second-order valence-electron chi connectivity index (χ2n) is 4.47. The van der Waals surface area contributed by atoms with Crippen LogP contribution in [-0.4, -0.2) is 13.2 Å². The lowest BCUT2D eigenvalue weighted by molar-refractivity contribution is 0.0156. The molecule has 1 atom stereocenters. The first kappa shape index (κ1) is 9.02. The number of methoxy groups -OCH3 is 1. The van der Waals surface area contributed by atoms with Crippen LogP contribution in [0, 0.1) is 22.7 Å². The molecule has 0 saturated heterocycles. The van der Waals surface area contributed by atoms with Gasteiger partial charge in [-0.3, -0.25) is 0 Å². The minimum absolute atomic E-state index is 0.0935. The van der Waals surface area contributed by atoms with Crippen molar-refractivity contribution in [3.8, 4) is 6.07 Å². The Morgan fingerprint density at radius 3 is 2.38 bits per heavy atom. The Bertz CT molecular complexity index is 221. The van der Waals surface area contributed by atoms with Crippen LogP contribution in [0.25, 0.3) is 0 Å². The lowest BCUT2D eigenvalue weighted by Crippen LogP contribution is -2.30. The zero-order valence-electron chi connectivity index (χ0n) is 8.25. The van der Waals surface area contributed by atoms with Crippen LogP contribution >= 0.6 is 0 Å². The van der Waals surface area contributed by atoms with E-state index in [4.69, 9.17) is 10.00 Å². The molecular weight excluding hydrogens is 162 g/mol. The van der Waals surface area contributed by atoms with E-state index in [0.717, 1.165) is 12.8 Å². The molecule has 0 spiro atoms. The predicted molar refractivity (Wildman–Crippen MR) is 50.0 cm³/mol. The molecule has 0 bridgehead atoms. The fourth-order valence-electron chi connectivity index (χ4n) is 2.72. The second-order valence-corrected chi connectivity index (χ2v) is 4.47. The van der Waals surface area contributed by atoms with Gasteiger partial charge < -0.3 is 4.74 Å². The van der Waals surface area contributed by atoms with E-state index in [1.54, 1.807) is 7.11 Å². The second kappa shape index (κ2) is 3.31. The van der Waals surface area contributed by atoms with E-state index in [2.05, 4.69) is 6.07 Å². The van der Waals surface area contributed by atoms with Crippen molar-refractivity contribution in [2.75, 3.05) is 7.11 Å². The van der Waals surface area contributed by atoms with E-state index >= 15 is 0 Å². The standard InChI is InChI=1S/C11H17NO/c1-13-10(9-4-2-3-5-9)11(8-12)6-7-11/h9-10H,2-7H2,1H3/t10-/m1/s1. The van der Waals surface area contributed by atoms with Crippen LogP contribution in [0.15, 0.2) is 0 Å². The number of nitriles is 1. The van der Waals surface area contributed by atoms with Gasteiger partial charge in [0.1, 0.15) is 0 Å². The van der Waals surface area contributed by atoms with Crippen LogP contribution in [0.3, 0.4) is 0 Å². The van der Waals surface area contributed by atoms with Gasteiger partial charge in [0.05, 0.1) is 17.6 Å². The maximum absolute atomic E-state index is 9.09. The molecule has 0 radical (unpaired) electrons. The third-order valence-corrected chi connectivity index (χ3v) is 3.64. The highest BCUT2D eigenvalue weighted by Gasteiger charge is 2.53. The first-order chi connectivity index (χ1) is 6.32.